The van der Waals surface area contributed by atoms with Gasteiger partial charge in [-0.2, -0.15) is 0 Å². The van der Waals surface area contributed by atoms with E-state index in [9.17, 15) is 8.42 Å². The average molecular weight is 201 g/mol. The largest absolute Gasteiger partial charge is 0.251 e. The number of aromatic nitrogens is 2. The first kappa shape index (κ1) is 9.91. The van der Waals surface area contributed by atoms with Crippen LogP contribution in [-0.4, -0.2) is 24.1 Å². The molecule has 1 rings (SSSR count). The van der Waals surface area contributed by atoms with Gasteiger partial charge in [0.25, 0.3) is 0 Å². The van der Waals surface area contributed by atoms with Crippen molar-refractivity contribution in [2.24, 2.45) is 0 Å². The van der Waals surface area contributed by atoms with Crippen molar-refractivity contribution in [2.75, 3.05) is 10.5 Å². The standard InChI is InChI=1S/C7H11N3O2S/c1-2-6-13(11,12)10-7-8-4-3-5-9-7/h3-5H,2,6H2,1H3,(H,8,9,10). The lowest BCUT2D eigenvalue weighted by Crippen LogP contribution is -2.17. The van der Waals surface area contributed by atoms with Gasteiger partial charge >= 0.3 is 0 Å². The molecule has 0 saturated heterocycles. The molecule has 72 valence electrons. The molecule has 0 fully saturated rings. The lowest BCUT2D eigenvalue weighted by molar-refractivity contribution is 0.599. The highest BCUT2D eigenvalue weighted by molar-refractivity contribution is 7.92. The van der Waals surface area contributed by atoms with Crippen molar-refractivity contribution in [3.8, 4) is 0 Å². The number of hydrogen-bond donors (Lipinski definition) is 1. The molecule has 1 aromatic rings. The topological polar surface area (TPSA) is 72.0 Å². The summed E-state index contributed by atoms with van der Waals surface area (Å²) in [6.07, 6.45) is 3.54. The number of hydrogen-bond acceptors (Lipinski definition) is 4. The van der Waals surface area contributed by atoms with Crippen LogP contribution in [0.15, 0.2) is 18.5 Å². The van der Waals surface area contributed by atoms with Crippen molar-refractivity contribution < 1.29 is 8.42 Å². The Kier molecular flexibility index (Phi) is 3.18. The third-order valence-electron chi connectivity index (χ3n) is 1.29. The van der Waals surface area contributed by atoms with Gasteiger partial charge in [0.2, 0.25) is 16.0 Å². The first-order valence-electron chi connectivity index (χ1n) is 3.91. The van der Waals surface area contributed by atoms with Crippen LogP contribution in [0.2, 0.25) is 0 Å². The van der Waals surface area contributed by atoms with Gasteiger partial charge in [0, 0.05) is 12.4 Å². The summed E-state index contributed by atoms with van der Waals surface area (Å²) in [5.74, 6) is 0.210. The zero-order valence-electron chi connectivity index (χ0n) is 7.27. The fourth-order valence-corrected chi connectivity index (χ4v) is 1.83. The summed E-state index contributed by atoms with van der Waals surface area (Å²) < 4.78 is 24.7. The van der Waals surface area contributed by atoms with Crippen molar-refractivity contribution in [1.29, 1.82) is 0 Å². The van der Waals surface area contributed by atoms with Crippen LogP contribution in [0.3, 0.4) is 0 Å². The minimum absolute atomic E-state index is 0.0885. The molecule has 5 nitrogen and oxygen atoms in total. The maximum absolute atomic E-state index is 11.2. The molecule has 1 heterocycles. The SMILES string of the molecule is CCCS(=O)(=O)Nc1ncccn1. The Hall–Kier alpha value is -1.17. The Morgan fingerprint density at radius 3 is 2.54 bits per heavy atom. The molecule has 0 spiro atoms. The third kappa shape index (κ3) is 3.37. The summed E-state index contributed by atoms with van der Waals surface area (Å²) in [6, 6.07) is 1.62. The van der Waals surface area contributed by atoms with Crippen LogP contribution in [0.1, 0.15) is 13.3 Å². The van der Waals surface area contributed by atoms with Gasteiger partial charge in [-0.05, 0) is 12.5 Å². The van der Waals surface area contributed by atoms with Crippen LogP contribution < -0.4 is 4.72 Å². The van der Waals surface area contributed by atoms with Crippen molar-refractivity contribution in [3.05, 3.63) is 18.5 Å². The Morgan fingerprint density at radius 1 is 1.38 bits per heavy atom. The van der Waals surface area contributed by atoms with Crippen LogP contribution in [0.5, 0.6) is 0 Å². The highest BCUT2D eigenvalue weighted by atomic mass is 32.2. The number of sulfonamides is 1. The molecule has 0 aliphatic rings. The highest BCUT2D eigenvalue weighted by Crippen LogP contribution is 2.00. The fraction of sp³-hybridized carbons (Fsp3) is 0.429. The summed E-state index contributed by atoms with van der Waals surface area (Å²) in [5, 5.41) is 0. The molecule has 0 unspecified atom stereocenters. The van der Waals surface area contributed by atoms with E-state index in [-0.39, 0.29) is 11.7 Å². The average Bonchev–Trinajstić information content (AvgIpc) is 2.04. The van der Waals surface area contributed by atoms with Gasteiger partial charge in [-0.1, -0.05) is 6.92 Å². The fourth-order valence-electron chi connectivity index (χ4n) is 0.811. The summed E-state index contributed by atoms with van der Waals surface area (Å²) in [5.41, 5.74) is 0. The van der Waals surface area contributed by atoms with Crippen molar-refractivity contribution in [3.63, 3.8) is 0 Å². The third-order valence-corrected chi connectivity index (χ3v) is 2.72. The van der Waals surface area contributed by atoms with Gasteiger partial charge in [0.05, 0.1) is 5.75 Å². The van der Waals surface area contributed by atoms with Gasteiger partial charge in [-0.15, -0.1) is 0 Å². The number of nitrogens with one attached hydrogen (secondary N) is 1. The molecular formula is C7H11N3O2S. The van der Waals surface area contributed by atoms with Crippen molar-refractivity contribution in [1.82, 2.24) is 9.97 Å². The second-order valence-electron chi connectivity index (χ2n) is 2.49. The molecule has 0 radical (unpaired) electrons. The van der Waals surface area contributed by atoms with E-state index in [0.717, 1.165) is 0 Å². The zero-order chi connectivity index (χ0) is 9.73. The molecule has 0 bridgehead atoms. The lowest BCUT2D eigenvalue weighted by atomic mass is 10.6. The van der Waals surface area contributed by atoms with E-state index in [1.807, 2.05) is 0 Å². The summed E-state index contributed by atoms with van der Waals surface area (Å²) >= 11 is 0. The van der Waals surface area contributed by atoms with Crippen LogP contribution in [0, 0.1) is 0 Å². The number of nitrogens with zero attached hydrogens (tertiary/aromatic N) is 2. The Morgan fingerprint density at radius 2 is 2.00 bits per heavy atom. The first-order valence-corrected chi connectivity index (χ1v) is 5.57. The van der Waals surface area contributed by atoms with E-state index in [0.29, 0.717) is 6.42 Å². The zero-order valence-corrected chi connectivity index (χ0v) is 8.08. The van der Waals surface area contributed by atoms with Gasteiger partial charge in [0.15, 0.2) is 0 Å². The van der Waals surface area contributed by atoms with Crippen LogP contribution in [-0.2, 0) is 10.0 Å². The molecule has 0 saturated carbocycles. The molecule has 0 atom stereocenters. The van der Waals surface area contributed by atoms with E-state index < -0.39 is 10.0 Å². The van der Waals surface area contributed by atoms with Gasteiger partial charge in [0.1, 0.15) is 0 Å². The summed E-state index contributed by atoms with van der Waals surface area (Å²) in [4.78, 5) is 7.49. The van der Waals surface area contributed by atoms with Crippen molar-refractivity contribution >= 4 is 16.0 Å². The normalized spacial score (nSPS) is 11.2. The Bertz CT molecular complexity index is 349. The molecule has 0 aliphatic heterocycles. The van der Waals surface area contributed by atoms with Gasteiger partial charge in [-0.25, -0.2) is 18.4 Å². The van der Waals surface area contributed by atoms with E-state index >= 15 is 0 Å². The summed E-state index contributed by atoms with van der Waals surface area (Å²) in [7, 11) is -3.26. The monoisotopic (exact) mass is 201 g/mol. The molecule has 0 aromatic carbocycles. The van der Waals surface area contributed by atoms with Gasteiger partial charge in [-0.3, -0.25) is 4.72 Å². The van der Waals surface area contributed by atoms with E-state index in [1.54, 1.807) is 13.0 Å². The van der Waals surface area contributed by atoms with Crippen LogP contribution in [0.25, 0.3) is 0 Å². The molecule has 0 aliphatic carbocycles. The van der Waals surface area contributed by atoms with Crippen LogP contribution >= 0.6 is 0 Å². The molecule has 1 N–H and O–H groups in total. The Labute approximate surface area is 77.3 Å². The lowest BCUT2D eigenvalue weighted by Gasteiger charge is -2.03. The quantitative estimate of drug-likeness (QED) is 0.775. The smallest absolute Gasteiger partial charge is 0.236 e. The highest BCUT2D eigenvalue weighted by Gasteiger charge is 2.09. The van der Waals surface area contributed by atoms with Crippen molar-refractivity contribution in [2.45, 2.75) is 13.3 Å². The number of anilines is 1. The number of rotatable bonds is 4. The predicted molar refractivity (Wildman–Crippen MR) is 49.7 cm³/mol. The van der Waals surface area contributed by atoms with Gasteiger partial charge < -0.3 is 0 Å². The minimum atomic E-state index is -3.26. The molecule has 13 heavy (non-hydrogen) atoms. The van der Waals surface area contributed by atoms with E-state index in [2.05, 4.69) is 14.7 Å². The molecule has 0 amide bonds. The van der Waals surface area contributed by atoms with E-state index in [1.165, 1.54) is 12.4 Å². The second kappa shape index (κ2) is 4.18. The molecule has 1 aromatic heterocycles. The maximum Gasteiger partial charge on any atom is 0.236 e. The first-order chi connectivity index (χ1) is 6.14. The van der Waals surface area contributed by atoms with Crippen LogP contribution in [0.4, 0.5) is 5.95 Å². The Balaban J connectivity index is 2.70. The van der Waals surface area contributed by atoms with E-state index in [4.69, 9.17) is 0 Å². The summed E-state index contributed by atoms with van der Waals surface area (Å²) in [6.45, 7) is 1.80. The molecular weight excluding hydrogens is 190 g/mol. The second-order valence-corrected chi connectivity index (χ2v) is 4.34. The predicted octanol–water partition coefficient (Wildman–Crippen LogP) is 0.628. The molecule has 6 heteroatoms. The maximum atomic E-state index is 11.2. The minimum Gasteiger partial charge on any atom is -0.251 e.